The monoisotopic (exact) mass is 274 g/mol. The molecule has 1 saturated carbocycles. The molecule has 4 heteroatoms. The van der Waals surface area contributed by atoms with E-state index in [-0.39, 0.29) is 17.9 Å². The molecule has 3 rings (SSSR count). The Balaban J connectivity index is 1.68. The third kappa shape index (κ3) is 2.72. The van der Waals surface area contributed by atoms with Gasteiger partial charge in [0.15, 0.2) is 0 Å². The number of aliphatic hydroxyl groups excluding tert-OH is 1. The third-order valence-corrected chi connectivity index (χ3v) is 4.53. The molecule has 1 heterocycles. The van der Waals surface area contributed by atoms with Crippen LogP contribution in [0.25, 0.3) is 0 Å². The Kier molecular flexibility index (Phi) is 4.03. The molecule has 0 aromatic heterocycles. The maximum Gasteiger partial charge on any atom is 0.251 e. The number of aliphatic hydroxyl groups is 1. The standard InChI is InChI=1S/C16H22N2O2/c19-15-6-2-4-12(15)10-18-16(20)14-5-1-3-11-9-17-8-7-13(11)14/h1,3,5,12,15,17,19H,2,4,6-10H2,(H,18,20). The fraction of sp³-hybridized carbons (Fsp3) is 0.562. The number of carbonyl (C=O) groups excluding carboxylic acids is 1. The molecule has 2 aliphatic rings. The molecule has 108 valence electrons. The van der Waals surface area contributed by atoms with E-state index in [1.807, 2.05) is 12.1 Å². The van der Waals surface area contributed by atoms with Gasteiger partial charge in [0.05, 0.1) is 6.10 Å². The fourth-order valence-electron chi connectivity index (χ4n) is 3.32. The van der Waals surface area contributed by atoms with E-state index < -0.39 is 0 Å². The Bertz CT molecular complexity index is 501. The molecule has 2 unspecified atom stereocenters. The lowest BCUT2D eigenvalue weighted by Crippen LogP contribution is -2.34. The number of rotatable bonds is 3. The van der Waals surface area contributed by atoms with E-state index >= 15 is 0 Å². The van der Waals surface area contributed by atoms with Crippen LogP contribution in [0.3, 0.4) is 0 Å². The van der Waals surface area contributed by atoms with Crippen LogP contribution in [0.2, 0.25) is 0 Å². The normalized spacial score (nSPS) is 25.2. The topological polar surface area (TPSA) is 61.4 Å². The highest BCUT2D eigenvalue weighted by Crippen LogP contribution is 2.25. The smallest absolute Gasteiger partial charge is 0.251 e. The van der Waals surface area contributed by atoms with Gasteiger partial charge in [-0.1, -0.05) is 18.6 Å². The molecule has 0 radical (unpaired) electrons. The summed E-state index contributed by atoms with van der Waals surface area (Å²) in [5, 5.41) is 16.1. The average Bonchev–Trinajstić information content (AvgIpc) is 2.89. The van der Waals surface area contributed by atoms with E-state index in [0.29, 0.717) is 6.54 Å². The van der Waals surface area contributed by atoms with E-state index in [2.05, 4.69) is 16.7 Å². The summed E-state index contributed by atoms with van der Waals surface area (Å²) in [6.07, 6.45) is 3.61. The maximum atomic E-state index is 12.4. The first kappa shape index (κ1) is 13.6. The first-order valence-electron chi connectivity index (χ1n) is 7.53. The average molecular weight is 274 g/mol. The summed E-state index contributed by atoms with van der Waals surface area (Å²) in [6, 6.07) is 5.94. The van der Waals surface area contributed by atoms with Gasteiger partial charge in [0.1, 0.15) is 0 Å². The summed E-state index contributed by atoms with van der Waals surface area (Å²) in [6.45, 7) is 2.36. The minimum atomic E-state index is -0.246. The molecule has 1 aliphatic heterocycles. The zero-order valence-corrected chi connectivity index (χ0v) is 11.7. The number of fused-ring (bicyclic) bond motifs is 1. The molecule has 0 spiro atoms. The van der Waals surface area contributed by atoms with Crippen molar-refractivity contribution in [1.29, 1.82) is 0 Å². The summed E-state index contributed by atoms with van der Waals surface area (Å²) in [4.78, 5) is 12.4. The van der Waals surface area contributed by atoms with Crippen LogP contribution in [0.15, 0.2) is 18.2 Å². The van der Waals surface area contributed by atoms with E-state index in [9.17, 15) is 9.90 Å². The molecule has 0 saturated heterocycles. The van der Waals surface area contributed by atoms with Crippen molar-refractivity contribution in [2.75, 3.05) is 13.1 Å². The highest BCUT2D eigenvalue weighted by molar-refractivity contribution is 5.96. The van der Waals surface area contributed by atoms with Crippen LogP contribution >= 0.6 is 0 Å². The summed E-state index contributed by atoms with van der Waals surface area (Å²) >= 11 is 0. The largest absolute Gasteiger partial charge is 0.393 e. The van der Waals surface area contributed by atoms with Gasteiger partial charge < -0.3 is 15.7 Å². The van der Waals surface area contributed by atoms with Gasteiger partial charge in [-0.05, 0) is 43.0 Å². The minimum absolute atomic E-state index is 0.00264. The third-order valence-electron chi connectivity index (χ3n) is 4.53. The van der Waals surface area contributed by atoms with Crippen LogP contribution in [-0.4, -0.2) is 30.2 Å². The van der Waals surface area contributed by atoms with E-state index in [1.54, 1.807) is 0 Å². The lowest BCUT2D eigenvalue weighted by molar-refractivity contribution is 0.0915. The number of carbonyl (C=O) groups is 1. The Labute approximate surface area is 119 Å². The summed E-state index contributed by atoms with van der Waals surface area (Å²) < 4.78 is 0. The molecular formula is C16H22N2O2. The van der Waals surface area contributed by atoms with Gasteiger partial charge in [-0.15, -0.1) is 0 Å². The van der Waals surface area contributed by atoms with Crippen LogP contribution in [0.4, 0.5) is 0 Å². The van der Waals surface area contributed by atoms with Crippen molar-refractivity contribution in [3.63, 3.8) is 0 Å². The first-order valence-corrected chi connectivity index (χ1v) is 7.53. The summed E-state index contributed by atoms with van der Waals surface area (Å²) in [5.41, 5.74) is 3.21. The van der Waals surface area contributed by atoms with Gasteiger partial charge >= 0.3 is 0 Å². The molecule has 20 heavy (non-hydrogen) atoms. The quantitative estimate of drug-likeness (QED) is 0.777. The molecule has 1 aliphatic carbocycles. The molecule has 1 aromatic rings. The van der Waals surface area contributed by atoms with Crippen molar-refractivity contribution in [3.8, 4) is 0 Å². The fourth-order valence-corrected chi connectivity index (χ4v) is 3.32. The molecule has 2 atom stereocenters. The Hall–Kier alpha value is -1.39. The summed E-state index contributed by atoms with van der Waals surface area (Å²) in [5.74, 6) is 0.225. The van der Waals surface area contributed by atoms with Crippen LogP contribution < -0.4 is 10.6 Å². The van der Waals surface area contributed by atoms with Crippen molar-refractivity contribution in [2.45, 2.75) is 38.3 Å². The first-order chi connectivity index (χ1) is 9.75. The van der Waals surface area contributed by atoms with Crippen LogP contribution in [0.1, 0.15) is 40.7 Å². The van der Waals surface area contributed by atoms with Gasteiger partial charge in [0.2, 0.25) is 0 Å². The van der Waals surface area contributed by atoms with Crippen molar-refractivity contribution in [3.05, 3.63) is 34.9 Å². The molecule has 1 fully saturated rings. The highest BCUT2D eigenvalue weighted by atomic mass is 16.3. The maximum absolute atomic E-state index is 12.4. The highest BCUT2D eigenvalue weighted by Gasteiger charge is 2.26. The number of hydrogen-bond acceptors (Lipinski definition) is 3. The lowest BCUT2D eigenvalue weighted by Gasteiger charge is -2.21. The van der Waals surface area contributed by atoms with Crippen LogP contribution in [0.5, 0.6) is 0 Å². The molecule has 1 aromatic carbocycles. The molecular weight excluding hydrogens is 252 g/mol. The van der Waals surface area contributed by atoms with Crippen LogP contribution in [0, 0.1) is 5.92 Å². The molecule has 0 bridgehead atoms. The Morgan fingerprint density at radius 3 is 3.10 bits per heavy atom. The van der Waals surface area contributed by atoms with Crippen molar-refractivity contribution in [2.24, 2.45) is 5.92 Å². The van der Waals surface area contributed by atoms with E-state index in [1.165, 1.54) is 11.1 Å². The van der Waals surface area contributed by atoms with E-state index in [0.717, 1.165) is 44.3 Å². The van der Waals surface area contributed by atoms with Gasteiger partial charge in [-0.2, -0.15) is 0 Å². The predicted molar refractivity (Wildman–Crippen MR) is 77.5 cm³/mol. The Morgan fingerprint density at radius 1 is 1.40 bits per heavy atom. The van der Waals surface area contributed by atoms with Crippen molar-refractivity contribution < 1.29 is 9.90 Å². The summed E-state index contributed by atoms with van der Waals surface area (Å²) in [7, 11) is 0. The van der Waals surface area contributed by atoms with Gasteiger partial charge in [0, 0.05) is 24.6 Å². The minimum Gasteiger partial charge on any atom is -0.393 e. The second kappa shape index (κ2) is 5.94. The molecule has 1 amide bonds. The SMILES string of the molecule is O=C(NCC1CCCC1O)c1cccc2c1CCNC2. The van der Waals surface area contributed by atoms with Gasteiger partial charge in [-0.3, -0.25) is 4.79 Å². The molecule has 3 N–H and O–H groups in total. The van der Waals surface area contributed by atoms with Crippen molar-refractivity contribution in [1.82, 2.24) is 10.6 Å². The zero-order chi connectivity index (χ0) is 13.9. The number of amides is 1. The zero-order valence-electron chi connectivity index (χ0n) is 11.7. The number of nitrogens with one attached hydrogen (secondary N) is 2. The number of hydrogen-bond donors (Lipinski definition) is 3. The molecule has 4 nitrogen and oxygen atoms in total. The van der Waals surface area contributed by atoms with Gasteiger partial charge in [0.25, 0.3) is 5.91 Å². The predicted octanol–water partition coefficient (Wildman–Crippen LogP) is 1.22. The van der Waals surface area contributed by atoms with Gasteiger partial charge in [-0.25, -0.2) is 0 Å². The lowest BCUT2D eigenvalue weighted by atomic mass is 9.95. The van der Waals surface area contributed by atoms with Crippen molar-refractivity contribution >= 4 is 5.91 Å². The number of benzene rings is 1. The van der Waals surface area contributed by atoms with Crippen LogP contribution in [-0.2, 0) is 13.0 Å². The second-order valence-electron chi connectivity index (χ2n) is 5.84. The van der Waals surface area contributed by atoms with E-state index in [4.69, 9.17) is 0 Å². The second-order valence-corrected chi connectivity index (χ2v) is 5.84. The Morgan fingerprint density at radius 2 is 2.30 bits per heavy atom.